The van der Waals surface area contributed by atoms with Gasteiger partial charge in [-0.1, -0.05) is 6.07 Å². The molecule has 7 N–H and O–H groups in total. The molecule has 0 heterocycles. The minimum atomic E-state index is 0.147. The number of anilines is 2. The van der Waals surface area contributed by atoms with Gasteiger partial charge in [0.25, 0.3) is 0 Å². The summed E-state index contributed by atoms with van der Waals surface area (Å²) in [7, 11) is 0. The van der Waals surface area contributed by atoms with Crippen molar-refractivity contribution in [3.8, 4) is 5.75 Å². The van der Waals surface area contributed by atoms with Gasteiger partial charge in [-0.25, -0.2) is 4.99 Å². The number of aromatic hydroxyl groups is 1. The Hall–Kier alpha value is -3.54. The third kappa shape index (κ3) is 3.44. The van der Waals surface area contributed by atoms with Crippen LogP contribution in [0.5, 0.6) is 5.75 Å². The summed E-state index contributed by atoms with van der Waals surface area (Å²) >= 11 is 0. The van der Waals surface area contributed by atoms with E-state index in [0.717, 1.165) is 5.69 Å². The van der Waals surface area contributed by atoms with Crippen molar-refractivity contribution in [3.63, 3.8) is 0 Å². The average Bonchev–Trinajstić information content (AvgIpc) is 2.54. The minimum Gasteiger partial charge on any atom is -0.508 e. The van der Waals surface area contributed by atoms with Crippen LogP contribution in [0.25, 0.3) is 0 Å². The summed E-state index contributed by atoms with van der Waals surface area (Å²) in [5.74, 6) is 0.147. The number of nitrogens with two attached hydrogens (primary N) is 2. The number of hydrogen-bond acceptors (Lipinski definition) is 6. The summed E-state index contributed by atoms with van der Waals surface area (Å²) in [4.78, 5) is 4.49. The number of rotatable bonds is 3. The zero-order valence-electron chi connectivity index (χ0n) is 12.8. The van der Waals surface area contributed by atoms with E-state index in [1.54, 1.807) is 60.7 Å². The van der Waals surface area contributed by atoms with Crippen LogP contribution < -0.4 is 16.8 Å². The van der Waals surface area contributed by atoms with Gasteiger partial charge in [-0.15, -0.1) is 0 Å². The summed E-state index contributed by atoms with van der Waals surface area (Å²) in [6.45, 7) is 0. The van der Waals surface area contributed by atoms with Crippen LogP contribution in [0.15, 0.2) is 77.1 Å². The van der Waals surface area contributed by atoms with Crippen molar-refractivity contribution in [2.45, 2.75) is 0 Å². The highest BCUT2D eigenvalue weighted by molar-refractivity contribution is 6.23. The van der Waals surface area contributed by atoms with Gasteiger partial charge in [0, 0.05) is 17.4 Å². The molecule has 120 valence electrons. The number of nitrogens with zero attached hydrogens (tertiary/aromatic N) is 1. The van der Waals surface area contributed by atoms with Gasteiger partial charge < -0.3 is 21.9 Å². The second kappa shape index (κ2) is 6.29. The second-order valence-corrected chi connectivity index (χ2v) is 5.34. The Kier molecular flexibility index (Phi) is 4.03. The molecule has 0 spiro atoms. The van der Waals surface area contributed by atoms with E-state index >= 15 is 0 Å². The zero-order chi connectivity index (χ0) is 17.1. The lowest BCUT2D eigenvalue weighted by molar-refractivity contribution is 0.475. The van der Waals surface area contributed by atoms with Gasteiger partial charge in [-0.2, -0.15) is 0 Å². The molecule has 0 unspecified atom stereocenters. The van der Waals surface area contributed by atoms with Gasteiger partial charge >= 0.3 is 0 Å². The molecular formula is C18H17N5O. The first-order valence-corrected chi connectivity index (χ1v) is 7.30. The van der Waals surface area contributed by atoms with Gasteiger partial charge in [-0.3, -0.25) is 5.41 Å². The second-order valence-electron chi connectivity index (χ2n) is 5.34. The quantitative estimate of drug-likeness (QED) is 0.441. The highest BCUT2D eigenvalue weighted by atomic mass is 16.3. The van der Waals surface area contributed by atoms with Crippen LogP contribution in [0.4, 0.5) is 17.1 Å². The number of aliphatic imine (C=N–C) groups is 1. The Balaban J connectivity index is 1.91. The van der Waals surface area contributed by atoms with Gasteiger partial charge in [-0.05, 0) is 48.6 Å². The van der Waals surface area contributed by atoms with E-state index in [4.69, 9.17) is 16.9 Å². The van der Waals surface area contributed by atoms with Crippen LogP contribution in [0.1, 0.15) is 0 Å². The van der Waals surface area contributed by atoms with Crippen molar-refractivity contribution in [1.82, 2.24) is 0 Å². The number of hydrogen-bond donors (Lipinski definition) is 5. The molecule has 0 aromatic heterocycles. The van der Waals surface area contributed by atoms with Crippen molar-refractivity contribution in [2.75, 3.05) is 11.1 Å². The lowest BCUT2D eigenvalue weighted by atomic mass is 10.0. The fourth-order valence-electron chi connectivity index (χ4n) is 2.23. The summed E-state index contributed by atoms with van der Waals surface area (Å²) in [6, 6.07) is 13.8. The predicted molar refractivity (Wildman–Crippen MR) is 97.8 cm³/mol. The topological polar surface area (TPSA) is 121 Å². The lowest BCUT2D eigenvalue weighted by Crippen LogP contribution is -2.21. The fourth-order valence-corrected chi connectivity index (χ4v) is 2.23. The van der Waals surface area contributed by atoms with Gasteiger partial charge in [0.1, 0.15) is 5.75 Å². The molecule has 2 aromatic rings. The van der Waals surface area contributed by atoms with Gasteiger partial charge in [0.15, 0.2) is 0 Å². The van der Waals surface area contributed by atoms with Crippen LogP contribution in [0.2, 0.25) is 0 Å². The Morgan fingerprint density at radius 3 is 2.46 bits per heavy atom. The Morgan fingerprint density at radius 1 is 1.00 bits per heavy atom. The van der Waals surface area contributed by atoms with Crippen LogP contribution in [-0.4, -0.2) is 16.5 Å². The molecular weight excluding hydrogens is 302 g/mol. The van der Waals surface area contributed by atoms with E-state index < -0.39 is 0 Å². The SMILES string of the molecule is N=C1C=C(N)C(=Nc2ccc(N)cc2)C=C1Nc1cccc(O)c1. The third-order valence-corrected chi connectivity index (χ3v) is 3.43. The lowest BCUT2D eigenvalue weighted by Gasteiger charge is -2.16. The van der Waals surface area contributed by atoms with Gasteiger partial charge in [0.2, 0.25) is 0 Å². The first-order chi connectivity index (χ1) is 11.5. The molecule has 0 aliphatic heterocycles. The number of nitrogen functional groups attached to an aromatic ring is 1. The first kappa shape index (κ1) is 15.4. The molecule has 1 aliphatic carbocycles. The number of phenols is 1. The van der Waals surface area contributed by atoms with E-state index in [-0.39, 0.29) is 11.5 Å². The third-order valence-electron chi connectivity index (χ3n) is 3.43. The minimum absolute atomic E-state index is 0.147. The van der Waals surface area contributed by atoms with E-state index in [9.17, 15) is 5.11 Å². The van der Waals surface area contributed by atoms with E-state index in [2.05, 4.69) is 10.3 Å². The van der Waals surface area contributed by atoms with Crippen molar-refractivity contribution in [2.24, 2.45) is 10.7 Å². The van der Waals surface area contributed by atoms with E-state index in [1.807, 2.05) is 0 Å². The van der Waals surface area contributed by atoms with E-state index in [0.29, 0.717) is 28.5 Å². The van der Waals surface area contributed by atoms with Crippen LogP contribution in [-0.2, 0) is 0 Å². The van der Waals surface area contributed by atoms with Gasteiger partial charge in [0.05, 0.1) is 28.5 Å². The summed E-state index contributed by atoms with van der Waals surface area (Å²) in [6.07, 6.45) is 3.25. The summed E-state index contributed by atoms with van der Waals surface area (Å²) < 4.78 is 0. The Bertz CT molecular complexity index is 879. The van der Waals surface area contributed by atoms with Crippen molar-refractivity contribution < 1.29 is 5.11 Å². The summed E-state index contributed by atoms with van der Waals surface area (Å²) in [5.41, 5.74) is 15.5. The van der Waals surface area contributed by atoms with Crippen LogP contribution in [0, 0.1) is 5.41 Å². The Labute approximate surface area is 139 Å². The predicted octanol–water partition coefficient (Wildman–Crippen LogP) is 2.92. The van der Waals surface area contributed by atoms with Crippen LogP contribution >= 0.6 is 0 Å². The monoisotopic (exact) mass is 319 g/mol. The molecule has 2 aromatic carbocycles. The molecule has 3 rings (SSSR count). The molecule has 6 heteroatoms. The number of benzene rings is 2. The van der Waals surface area contributed by atoms with E-state index in [1.165, 1.54) is 0 Å². The average molecular weight is 319 g/mol. The molecule has 0 atom stereocenters. The number of nitrogens with one attached hydrogen (secondary N) is 2. The Morgan fingerprint density at radius 2 is 1.75 bits per heavy atom. The summed E-state index contributed by atoms with van der Waals surface area (Å²) in [5, 5.41) is 20.7. The number of phenolic OH excluding ortho intramolecular Hbond substituents is 1. The molecule has 6 nitrogen and oxygen atoms in total. The largest absolute Gasteiger partial charge is 0.508 e. The molecule has 0 radical (unpaired) electrons. The normalized spacial score (nSPS) is 15.8. The maximum Gasteiger partial charge on any atom is 0.117 e. The highest BCUT2D eigenvalue weighted by Crippen LogP contribution is 2.21. The molecule has 1 aliphatic rings. The van der Waals surface area contributed by atoms with Crippen molar-refractivity contribution in [1.29, 1.82) is 5.41 Å². The van der Waals surface area contributed by atoms with Crippen molar-refractivity contribution in [3.05, 3.63) is 72.1 Å². The zero-order valence-corrected chi connectivity index (χ0v) is 12.8. The standard InChI is InChI=1S/C18H17N5O/c19-11-4-6-12(7-5-11)22-17-10-18(16(21)9-15(17)20)23-13-2-1-3-14(24)8-13/h1-10,21,23-24H,19-20H2. The first-order valence-electron chi connectivity index (χ1n) is 7.30. The van der Waals surface area contributed by atoms with Crippen LogP contribution in [0.3, 0.4) is 0 Å². The fraction of sp³-hybridized carbons (Fsp3) is 0. The molecule has 24 heavy (non-hydrogen) atoms. The maximum absolute atomic E-state index is 9.54. The maximum atomic E-state index is 9.54. The number of allylic oxidation sites excluding steroid dienone is 2. The smallest absolute Gasteiger partial charge is 0.117 e. The molecule has 0 bridgehead atoms. The highest BCUT2D eigenvalue weighted by Gasteiger charge is 2.14. The molecule has 0 saturated carbocycles. The molecule has 0 amide bonds. The molecule has 0 saturated heterocycles. The molecule has 0 fully saturated rings. The van der Waals surface area contributed by atoms with Crippen molar-refractivity contribution >= 4 is 28.5 Å².